The van der Waals surface area contributed by atoms with Gasteiger partial charge in [0.05, 0.1) is 10.6 Å². The summed E-state index contributed by atoms with van der Waals surface area (Å²) in [5.74, 6) is 3.36. The summed E-state index contributed by atoms with van der Waals surface area (Å²) >= 11 is 6.65. The largest absolute Gasteiger partial charge is 0.440 e. The lowest BCUT2D eigenvalue weighted by Crippen LogP contribution is -1.84. The first-order chi connectivity index (χ1) is 10.3. The first-order valence-corrected chi connectivity index (χ1v) is 10.0. The van der Waals surface area contributed by atoms with Crippen LogP contribution >= 0.6 is 46.2 Å². The van der Waals surface area contributed by atoms with Gasteiger partial charge in [-0.2, -0.15) is 0 Å². The molecule has 0 amide bonds. The molecular formula is C13H13N3OS4. The fourth-order valence-electron chi connectivity index (χ4n) is 1.63. The maximum Gasteiger partial charge on any atom is 0.236 e. The van der Waals surface area contributed by atoms with E-state index in [1.807, 2.05) is 24.4 Å². The molecule has 0 aliphatic carbocycles. The number of aromatic nitrogens is 3. The van der Waals surface area contributed by atoms with Crippen molar-refractivity contribution in [1.82, 2.24) is 15.2 Å². The molecule has 3 aromatic rings. The molecule has 3 heterocycles. The fraction of sp³-hybridized carbons (Fsp3) is 0.308. The summed E-state index contributed by atoms with van der Waals surface area (Å²) < 4.78 is 7.74. The molecule has 8 heteroatoms. The molecule has 0 radical (unpaired) electrons. The van der Waals surface area contributed by atoms with Gasteiger partial charge in [-0.25, -0.2) is 4.98 Å². The minimum absolute atomic E-state index is 0.706. The average molecular weight is 356 g/mol. The topological polar surface area (TPSA) is 51.8 Å². The maximum atomic E-state index is 5.74. The summed E-state index contributed by atoms with van der Waals surface area (Å²) in [7, 11) is 0. The minimum atomic E-state index is 0.706. The SMILES string of the molecule is CCSc1nnc(SCc2nc(-c3cccs3)oc2C)s1. The van der Waals surface area contributed by atoms with Gasteiger partial charge in [-0.3, -0.25) is 0 Å². The Labute approximate surface area is 139 Å². The van der Waals surface area contributed by atoms with Crippen LogP contribution in [-0.4, -0.2) is 20.9 Å². The molecule has 21 heavy (non-hydrogen) atoms. The summed E-state index contributed by atoms with van der Waals surface area (Å²) in [4.78, 5) is 5.65. The molecule has 0 aliphatic heterocycles. The molecule has 110 valence electrons. The third-order valence-electron chi connectivity index (χ3n) is 2.61. The summed E-state index contributed by atoms with van der Waals surface area (Å²) in [5.41, 5.74) is 0.975. The predicted molar refractivity (Wildman–Crippen MR) is 90.4 cm³/mol. The molecule has 0 atom stereocenters. The molecular weight excluding hydrogens is 342 g/mol. The number of rotatable bonds is 6. The van der Waals surface area contributed by atoms with Crippen LogP contribution in [0.5, 0.6) is 0 Å². The van der Waals surface area contributed by atoms with Gasteiger partial charge < -0.3 is 4.42 Å². The zero-order valence-corrected chi connectivity index (χ0v) is 14.8. The van der Waals surface area contributed by atoms with E-state index in [-0.39, 0.29) is 0 Å². The second-order valence-electron chi connectivity index (χ2n) is 4.05. The molecule has 0 spiro atoms. The van der Waals surface area contributed by atoms with Crippen molar-refractivity contribution in [2.24, 2.45) is 0 Å². The van der Waals surface area contributed by atoms with Gasteiger partial charge >= 0.3 is 0 Å². The highest BCUT2D eigenvalue weighted by molar-refractivity contribution is 8.02. The lowest BCUT2D eigenvalue weighted by Gasteiger charge is -1.93. The van der Waals surface area contributed by atoms with E-state index in [9.17, 15) is 0 Å². The van der Waals surface area contributed by atoms with Crippen LogP contribution in [0.1, 0.15) is 18.4 Å². The lowest BCUT2D eigenvalue weighted by atomic mass is 10.4. The Morgan fingerprint density at radius 3 is 2.76 bits per heavy atom. The highest BCUT2D eigenvalue weighted by atomic mass is 32.2. The van der Waals surface area contributed by atoms with Gasteiger partial charge in [-0.15, -0.1) is 21.5 Å². The first-order valence-electron chi connectivity index (χ1n) is 6.35. The van der Waals surface area contributed by atoms with Gasteiger partial charge in [0, 0.05) is 5.75 Å². The van der Waals surface area contributed by atoms with E-state index < -0.39 is 0 Å². The Balaban J connectivity index is 1.67. The van der Waals surface area contributed by atoms with Crippen LogP contribution in [0.2, 0.25) is 0 Å². The molecule has 3 rings (SSSR count). The number of thiophene rings is 1. The molecule has 0 bridgehead atoms. The Morgan fingerprint density at radius 2 is 2.05 bits per heavy atom. The minimum Gasteiger partial charge on any atom is -0.440 e. The molecule has 3 aromatic heterocycles. The average Bonchev–Trinajstić information content (AvgIpc) is 3.17. The molecule has 0 N–H and O–H groups in total. The van der Waals surface area contributed by atoms with Gasteiger partial charge in [-0.05, 0) is 24.1 Å². The second kappa shape index (κ2) is 6.95. The number of hydrogen-bond donors (Lipinski definition) is 0. The summed E-state index contributed by atoms with van der Waals surface area (Å²) in [6.07, 6.45) is 0. The third-order valence-corrected chi connectivity index (χ3v) is 6.55. The Hall–Kier alpha value is -0.830. The standard InChI is InChI=1S/C13H13N3OS4/c1-3-18-12-15-16-13(21-12)20-7-9-8(2)17-11(14-9)10-5-4-6-19-10/h4-6H,3,7H2,1-2H3. The van der Waals surface area contributed by atoms with E-state index in [0.29, 0.717) is 5.89 Å². The van der Waals surface area contributed by atoms with E-state index in [0.717, 1.165) is 36.5 Å². The van der Waals surface area contributed by atoms with Crippen molar-refractivity contribution in [3.05, 3.63) is 29.0 Å². The van der Waals surface area contributed by atoms with Crippen LogP contribution in [0.15, 0.2) is 30.6 Å². The van der Waals surface area contributed by atoms with Crippen LogP contribution in [0.4, 0.5) is 0 Å². The van der Waals surface area contributed by atoms with Crippen molar-refractivity contribution < 1.29 is 4.42 Å². The van der Waals surface area contributed by atoms with Gasteiger partial charge in [0.25, 0.3) is 0 Å². The number of nitrogens with zero attached hydrogens (tertiary/aromatic N) is 3. The Morgan fingerprint density at radius 1 is 1.24 bits per heavy atom. The lowest BCUT2D eigenvalue weighted by molar-refractivity contribution is 0.542. The van der Waals surface area contributed by atoms with Crippen LogP contribution in [0, 0.1) is 6.92 Å². The number of hydrogen-bond acceptors (Lipinski definition) is 8. The van der Waals surface area contributed by atoms with E-state index in [1.165, 1.54) is 0 Å². The Kier molecular flexibility index (Phi) is 4.99. The van der Waals surface area contributed by atoms with Gasteiger partial charge in [0.2, 0.25) is 5.89 Å². The molecule has 0 unspecified atom stereocenters. The third kappa shape index (κ3) is 3.68. The van der Waals surface area contributed by atoms with Crippen molar-refractivity contribution in [3.63, 3.8) is 0 Å². The van der Waals surface area contributed by atoms with E-state index in [2.05, 4.69) is 22.1 Å². The van der Waals surface area contributed by atoms with Crippen molar-refractivity contribution in [2.75, 3.05) is 5.75 Å². The van der Waals surface area contributed by atoms with E-state index in [1.54, 1.807) is 46.2 Å². The number of thioether (sulfide) groups is 2. The monoisotopic (exact) mass is 355 g/mol. The van der Waals surface area contributed by atoms with Crippen LogP contribution in [0.25, 0.3) is 10.8 Å². The summed E-state index contributed by atoms with van der Waals surface area (Å²) in [6.45, 7) is 4.07. The van der Waals surface area contributed by atoms with Crippen LogP contribution in [0.3, 0.4) is 0 Å². The van der Waals surface area contributed by atoms with E-state index in [4.69, 9.17) is 4.42 Å². The van der Waals surface area contributed by atoms with Gasteiger partial charge in [0.1, 0.15) is 5.76 Å². The van der Waals surface area contributed by atoms with Crippen LogP contribution < -0.4 is 0 Å². The molecule has 0 fully saturated rings. The summed E-state index contributed by atoms with van der Waals surface area (Å²) in [5, 5.41) is 10.4. The highest BCUT2D eigenvalue weighted by Gasteiger charge is 2.13. The zero-order chi connectivity index (χ0) is 14.7. The van der Waals surface area contributed by atoms with Crippen LogP contribution in [-0.2, 0) is 5.75 Å². The van der Waals surface area contributed by atoms with Crippen molar-refractivity contribution in [2.45, 2.75) is 28.3 Å². The van der Waals surface area contributed by atoms with Gasteiger partial charge in [-0.1, -0.05) is 47.9 Å². The molecule has 0 saturated carbocycles. The normalized spacial score (nSPS) is 11.1. The molecule has 0 saturated heterocycles. The Bertz CT molecular complexity index is 705. The first kappa shape index (κ1) is 15.1. The quantitative estimate of drug-likeness (QED) is 0.582. The molecule has 4 nitrogen and oxygen atoms in total. The van der Waals surface area contributed by atoms with Crippen molar-refractivity contribution in [1.29, 1.82) is 0 Å². The second-order valence-corrected chi connectivity index (χ2v) is 8.71. The molecule has 0 aromatic carbocycles. The maximum absolute atomic E-state index is 5.74. The highest BCUT2D eigenvalue weighted by Crippen LogP contribution is 2.32. The van der Waals surface area contributed by atoms with Crippen molar-refractivity contribution in [3.8, 4) is 10.8 Å². The fourth-order valence-corrected chi connectivity index (χ4v) is 5.20. The van der Waals surface area contributed by atoms with Gasteiger partial charge in [0.15, 0.2) is 8.68 Å². The zero-order valence-electron chi connectivity index (χ0n) is 11.5. The number of oxazole rings is 1. The number of aryl methyl sites for hydroxylation is 1. The summed E-state index contributed by atoms with van der Waals surface area (Å²) in [6, 6.07) is 4.02. The smallest absolute Gasteiger partial charge is 0.236 e. The molecule has 0 aliphatic rings. The van der Waals surface area contributed by atoms with Crippen molar-refractivity contribution >= 4 is 46.2 Å². The van der Waals surface area contributed by atoms with E-state index >= 15 is 0 Å². The predicted octanol–water partition coefficient (Wildman–Crippen LogP) is 4.97.